The minimum absolute atomic E-state index is 0.0117. The highest BCUT2D eigenvalue weighted by atomic mass is 19.1. The van der Waals surface area contributed by atoms with E-state index in [-0.39, 0.29) is 17.1 Å². The van der Waals surface area contributed by atoms with Crippen molar-refractivity contribution in [3.05, 3.63) is 76.1 Å². The van der Waals surface area contributed by atoms with Gasteiger partial charge in [0.25, 0.3) is 5.69 Å². The number of nitrogen functional groups attached to an aromatic ring is 1. The van der Waals surface area contributed by atoms with Gasteiger partial charge < -0.3 is 5.73 Å². The highest BCUT2D eigenvalue weighted by Gasteiger charge is 2.14. The maximum Gasteiger partial charge on any atom is 0.269 e. The number of hydrogen-bond acceptors (Lipinski definition) is 5. The fourth-order valence-corrected chi connectivity index (χ4v) is 2.47. The number of hydrogen-bond donors (Lipinski definition) is 1. The Labute approximate surface area is 142 Å². The van der Waals surface area contributed by atoms with Gasteiger partial charge in [-0.05, 0) is 35.9 Å². The summed E-state index contributed by atoms with van der Waals surface area (Å²) in [5.74, 6) is -0.425. The van der Waals surface area contributed by atoms with E-state index in [9.17, 15) is 19.8 Å². The van der Waals surface area contributed by atoms with Crippen LogP contribution in [0.15, 0.2) is 54.6 Å². The molecule has 0 aliphatic heterocycles. The molecule has 1 heterocycles. The van der Waals surface area contributed by atoms with E-state index in [1.54, 1.807) is 24.3 Å². The third kappa shape index (κ3) is 3.14. The van der Waals surface area contributed by atoms with Crippen molar-refractivity contribution in [1.29, 1.82) is 5.26 Å². The van der Waals surface area contributed by atoms with Gasteiger partial charge in [-0.1, -0.05) is 12.1 Å². The summed E-state index contributed by atoms with van der Waals surface area (Å²) >= 11 is 0. The van der Waals surface area contributed by atoms with Gasteiger partial charge in [0.15, 0.2) is 0 Å². The molecule has 0 spiro atoms. The molecule has 0 aliphatic carbocycles. The number of aromatic nitrogens is 1. The van der Waals surface area contributed by atoms with Crippen molar-refractivity contribution >= 4 is 11.5 Å². The lowest BCUT2D eigenvalue weighted by Gasteiger charge is -2.10. The predicted molar refractivity (Wildman–Crippen MR) is 90.8 cm³/mol. The monoisotopic (exact) mass is 334 g/mol. The zero-order chi connectivity index (χ0) is 18.0. The van der Waals surface area contributed by atoms with Crippen LogP contribution in [0.4, 0.5) is 15.9 Å². The number of nitrogens with zero attached hydrogens (tertiary/aromatic N) is 3. The van der Waals surface area contributed by atoms with E-state index in [4.69, 9.17) is 5.73 Å². The van der Waals surface area contributed by atoms with E-state index in [1.165, 1.54) is 30.3 Å². The molecule has 0 saturated carbocycles. The topological polar surface area (TPSA) is 106 Å². The smallest absolute Gasteiger partial charge is 0.269 e. The number of nitriles is 1. The summed E-state index contributed by atoms with van der Waals surface area (Å²) < 4.78 is 13.5. The summed E-state index contributed by atoms with van der Waals surface area (Å²) in [6, 6.07) is 15.2. The van der Waals surface area contributed by atoms with Crippen LogP contribution >= 0.6 is 0 Å². The number of rotatable bonds is 3. The normalized spacial score (nSPS) is 10.2. The molecule has 0 fully saturated rings. The predicted octanol–water partition coefficient (Wildman–Crippen LogP) is 3.92. The molecule has 0 radical (unpaired) electrons. The molecule has 0 bridgehead atoms. The van der Waals surface area contributed by atoms with Gasteiger partial charge in [0.2, 0.25) is 0 Å². The van der Waals surface area contributed by atoms with Gasteiger partial charge in [-0.3, -0.25) is 10.1 Å². The molecule has 0 saturated heterocycles. The number of nitro groups is 1. The number of benzene rings is 2. The van der Waals surface area contributed by atoms with Crippen molar-refractivity contribution in [2.24, 2.45) is 0 Å². The fraction of sp³-hybridized carbons (Fsp3) is 0. The molecule has 3 aromatic rings. The third-order valence-corrected chi connectivity index (χ3v) is 3.67. The number of anilines is 1. The van der Waals surface area contributed by atoms with Crippen LogP contribution in [0.3, 0.4) is 0 Å². The molecule has 0 unspecified atom stereocenters. The van der Waals surface area contributed by atoms with Crippen LogP contribution in [-0.2, 0) is 0 Å². The van der Waals surface area contributed by atoms with E-state index in [2.05, 4.69) is 4.98 Å². The molecule has 7 heteroatoms. The van der Waals surface area contributed by atoms with Crippen molar-refractivity contribution in [3.8, 4) is 28.5 Å². The minimum Gasteiger partial charge on any atom is -0.383 e. The number of nitrogens with two attached hydrogens (primary N) is 1. The Bertz CT molecular complexity index is 1010. The SMILES string of the molecule is N#Cc1c(-c2cccc(F)c2)cc(-c2ccc([N+](=O)[O-])cc2)nc1N. The Balaban J connectivity index is 2.17. The van der Waals surface area contributed by atoms with Crippen molar-refractivity contribution in [3.63, 3.8) is 0 Å². The van der Waals surface area contributed by atoms with Crippen molar-refractivity contribution in [1.82, 2.24) is 4.98 Å². The van der Waals surface area contributed by atoms with E-state index < -0.39 is 10.7 Å². The highest BCUT2D eigenvalue weighted by molar-refractivity contribution is 5.80. The van der Waals surface area contributed by atoms with Gasteiger partial charge in [-0.15, -0.1) is 0 Å². The van der Waals surface area contributed by atoms with Crippen LogP contribution in [0.2, 0.25) is 0 Å². The van der Waals surface area contributed by atoms with E-state index in [0.717, 1.165) is 0 Å². The first-order valence-corrected chi connectivity index (χ1v) is 7.21. The fourth-order valence-electron chi connectivity index (χ4n) is 2.47. The molecule has 0 atom stereocenters. The molecule has 25 heavy (non-hydrogen) atoms. The standard InChI is InChI=1S/C18H11FN4O2/c19-13-3-1-2-12(8-13)15-9-17(22-18(21)16(15)10-20)11-4-6-14(7-5-11)23(24)25/h1-9H,(H2,21,22). The molecule has 3 rings (SSSR count). The first-order chi connectivity index (χ1) is 12.0. The van der Waals surface area contributed by atoms with Gasteiger partial charge in [-0.2, -0.15) is 5.26 Å². The average molecular weight is 334 g/mol. The summed E-state index contributed by atoms with van der Waals surface area (Å²) in [5, 5.41) is 20.1. The zero-order valence-corrected chi connectivity index (χ0v) is 12.8. The highest BCUT2D eigenvalue weighted by Crippen LogP contribution is 2.32. The van der Waals surface area contributed by atoms with Crippen LogP contribution in [0.5, 0.6) is 0 Å². The Kier molecular flexibility index (Phi) is 4.10. The molecular formula is C18H11FN4O2. The summed E-state index contributed by atoms with van der Waals surface area (Å²) in [4.78, 5) is 14.4. The molecule has 2 N–H and O–H groups in total. The quantitative estimate of drug-likeness (QED) is 0.577. The Morgan fingerprint density at radius 3 is 2.44 bits per heavy atom. The van der Waals surface area contributed by atoms with Crippen LogP contribution < -0.4 is 5.73 Å². The lowest BCUT2D eigenvalue weighted by molar-refractivity contribution is -0.384. The largest absolute Gasteiger partial charge is 0.383 e. The average Bonchev–Trinajstić information content (AvgIpc) is 2.61. The summed E-state index contributed by atoms with van der Waals surface area (Å²) in [6.07, 6.45) is 0. The molecule has 0 amide bonds. The number of non-ortho nitro benzene ring substituents is 1. The lowest BCUT2D eigenvalue weighted by Crippen LogP contribution is -2.00. The number of nitro benzene ring substituents is 1. The van der Waals surface area contributed by atoms with Crippen LogP contribution in [0.1, 0.15) is 5.56 Å². The summed E-state index contributed by atoms with van der Waals surface area (Å²) in [7, 11) is 0. The van der Waals surface area contributed by atoms with E-state index in [0.29, 0.717) is 22.4 Å². The molecule has 0 aliphatic rings. The second-order valence-corrected chi connectivity index (χ2v) is 5.24. The van der Waals surface area contributed by atoms with Gasteiger partial charge in [0.1, 0.15) is 23.3 Å². The first kappa shape index (κ1) is 16.1. The van der Waals surface area contributed by atoms with Crippen LogP contribution in [-0.4, -0.2) is 9.91 Å². The Morgan fingerprint density at radius 1 is 1.12 bits per heavy atom. The molecule has 1 aromatic heterocycles. The van der Waals surface area contributed by atoms with Crippen molar-refractivity contribution < 1.29 is 9.31 Å². The third-order valence-electron chi connectivity index (χ3n) is 3.67. The maximum atomic E-state index is 13.5. The molecule has 2 aromatic carbocycles. The second kappa shape index (κ2) is 6.37. The Morgan fingerprint density at radius 2 is 1.84 bits per heavy atom. The van der Waals surface area contributed by atoms with Gasteiger partial charge in [0, 0.05) is 23.3 Å². The van der Waals surface area contributed by atoms with E-state index in [1.807, 2.05) is 6.07 Å². The lowest BCUT2D eigenvalue weighted by atomic mass is 9.98. The summed E-state index contributed by atoms with van der Waals surface area (Å²) in [5.41, 5.74) is 7.97. The first-order valence-electron chi connectivity index (χ1n) is 7.21. The van der Waals surface area contributed by atoms with Gasteiger partial charge in [-0.25, -0.2) is 9.37 Å². The number of pyridine rings is 1. The minimum atomic E-state index is -0.497. The molecular weight excluding hydrogens is 323 g/mol. The van der Waals surface area contributed by atoms with Crippen molar-refractivity contribution in [2.75, 3.05) is 5.73 Å². The molecule has 122 valence electrons. The maximum absolute atomic E-state index is 13.5. The Hall–Kier alpha value is -3.79. The van der Waals surface area contributed by atoms with Crippen molar-refractivity contribution in [2.45, 2.75) is 0 Å². The summed E-state index contributed by atoms with van der Waals surface area (Å²) in [6.45, 7) is 0. The molecule has 6 nitrogen and oxygen atoms in total. The van der Waals surface area contributed by atoms with E-state index >= 15 is 0 Å². The second-order valence-electron chi connectivity index (χ2n) is 5.24. The van der Waals surface area contributed by atoms with Crippen LogP contribution in [0, 0.1) is 27.3 Å². The van der Waals surface area contributed by atoms with Crippen LogP contribution in [0.25, 0.3) is 22.4 Å². The van der Waals surface area contributed by atoms with Gasteiger partial charge in [0.05, 0.1) is 10.6 Å². The zero-order valence-electron chi connectivity index (χ0n) is 12.8. The number of halogens is 1. The van der Waals surface area contributed by atoms with Gasteiger partial charge >= 0.3 is 0 Å².